The average Bonchev–Trinajstić information content (AvgIpc) is 2.62. The average molecular weight is 209 g/mol. The van der Waals surface area contributed by atoms with Gasteiger partial charge in [-0.25, -0.2) is 0 Å². The van der Waals surface area contributed by atoms with Gasteiger partial charge in [0.15, 0.2) is 5.76 Å². The standard InChI is InChI=1S/C11H19N3O/c1-9-6-11(15-13-9)7-12-10-4-3-5-14(2)8-10/h6,10,12H,3-5,7-8H2,1-2H3. The number of nitrogens with one attached hydrogen (secondary N) is 1. The van der Waals surface area contributed by atoms with Gasteiger partial charge in [-0.15, -0.1) is 0 Å². The normalized spacial score (nSPS) is 23.2. The first kappa shape index (κ1) is 10.6. The Labute approximate surface area is 90.6 Å². The van der Waals surface area contributed by atoms with Crippen molar-refractivity contribution in [3.05, 3.63) is 17.5 Å². The number of hydrogen-bond acceptors (Lipinski definition) is 4. The van der Waals surface area contributed by atoms with Crippen LogP contribution < -0.4 is 5.32 Å². The van der Waals surface area contributed by atoms with Crippen molar-refractivity contribution in [3.63, 3.8) is 0 Å². The molecule has 0 bridgehead atoms. The zero-order valence-electron chi connectivity index (χ0n) is 9.49. The molecule has 1 saturated heterocycles. The van der Waals surface area contributed by atoms with Crippen molar-refractivity contribution in [1.82, 2.24) is 15.4 Å². The van der Waals surface area contributed by atoms with Crippen LogP contribution in [0, 0.1) is 6.92 Å². The summed E-state index contributed by atoms with van der Waals surface area (Å²) in [6.45, 7) is 5.09. The van der Waals surface area contributed by atoms with Gasteiger partial charge < -0.3 is 14.7 Å². The van der Waals surface area contributed by atoms with Gasteiger partial charge >= 0.3 is 0 Å². The highest BCUT2D eigenvalue weighted by Gasteiger charge is 2.16. The summed E-state index contributed by atoms with van der Waals surface area (Å²) in [7, 11) is 2.17. The first-order chi connectivity index (χ1) is 7.24. The van der Waals surface area contributed by atoms with Crippen molar-refractivity contribution in [2.75, 3.05) is 20.1 Å². The molecular weight excluding hydrogens is 190 g/mol. The van der Waals surface area contributed by atoms with Gasteiger partial charge in [0.05, 0.1) is 12.2 Å². The topological polar surface area (TPSA) is 41.3 Å². The van der Waals surface area contributed by atoms with E-state index in [-0.39, 0.29) is 0 Å². The first-order valence-electron chi connectivity index (χ1n) is 5.58. The van der Waals surface area contributed by atoms with E-state index < -0.39 is 0 Å². The van der Waals surface area contributed by atoms with Crippen LogP contribution in [0.15, 0.2) is 10.6 Å². The fourth-order valence-electron chi connectivity index (χ4n) is 2.08. The highest BCUT2D eigenvalue weighted by atomic mass is 16.5. The summed E-state index contributed by atoms with van der Waals surface area (Å²) in [5.74, 6) is 0.931. The van der Waals surface area contributed by atoms with Crippen LogP contribution in [-0.2, 0) is 6.54 Å². The lowest BCUT2D eigenvalue weighted by atomic mass is 10.1. The molecule has 4 nitrogen and oxygen atoms in total. The predicted octanol–water partition coefficient (Wildman–Crippen LogP) is 1.17. The summed E-state index contributed by atoms with van der Waals surface area (Å²) >= 11 is 0. The van der Waals surface area contributed by atoms with Gasteiger partial charge in [0.1, 0.15) is 0 Å². The molecular formula is C11H19N3O. The van der Waals surface area contributed by atoms with Gasteiger partial charge in [0.25, 0.3) is 0 Å². The molecule has 15 heavy (non-hydrogen) atoms. The van der Waals surface area contributed by atoms with Gasteiger partial charge in [-0.2, -0.15) is 0 Å². The molecule has 0 amide bonds. The van der Waals surface area contributed by atoms with E-state index in [2.05, 4.69) is 22.4 Å². The van der Waals surface area contributed by atoms with E-state index in [4.69, 9.17) is 4.52 Å². The van der Waals surface area contributed by atoms with Gasteiger partial charge in [0, 0.05) is 18.7 Å². The van der Waals surface area contributed by atoms with Crippen LogP contribution in [0.1, 0.15) is 24.3 Å². The summed E-state index contributed by atoms with van der Waals surface area (Å²) in [6, 6.07) is 2.58. The number of hydrogen-bond donors (Lipinski definition) is 1. The maximum absolute atomic E-state index is 5.16. The van der Waals surface area contributed by atoms with Crippen LogP contribution in [0.25, 0.3) is 0 Å². The molecule has 1 unspecified atom stereocenters. The minimum Gasteiger partial charge on any atom is -0.360 e. The van der Waals surface area contributed by atoms with Crippen LogP contribution in [0.2, 0.25) is 0 Å². The fourth-order valence-corrected chi connectivity index (χ4v) is 2.08. The zero-order chi connectivity index (χ0) is 10.7. The van der Waals surface area contributed by atoms with Crippen LogP contribution in [0.5, 0.6) is 0 Å². The van der Waals surface area contributed by atoms with E-state index in [9.17, 15) is 0 Å². The molecule has 1 aliphatic rings. The van der Waals surface area contributed by atoms with Crippen molar-refractivity contribution < 1.29 is 4.52 Å². The van der Waals surface area contributed by atoms with Gasteiger partial charge in [-0.3, -0.25) is 0 Å². The van der Waals surface area contributed by atoms with Crippen molar-refractivity contribution in [1.29, 1.82) is 0 Å². The third kappa shape index (κ3) is 3.04. The Morgan fingerprint density at radius 3 is 3.20 bits per heavy atom. The molecule has 0 aromatic carbocycles. The molecule has 1 aliphatic heterocycles. The lowest BCUT2D eigenvalue weighted by Gasteiger charge is -2.30. The Kier molecular flexibility index (Phi) is 3.38. The third-order valence-electron chi connectivity index (χ3n) is 2.87. The van der Waals surface area contributed by atoms with Crippen LogP contribution in [0.3, 0.4) is 0 Å². The smallest absolute Gasteiger partial charge is 0.150 e. The minimum absolute atomic E-state index is 0.592. The summed E-state index contributed by atoms with van der Waals surface area (Å²) in [5, 5.41) is 7.38. The van der Waals surface area contributed by atoms with E-state index in [1.54, 1.807) is 0 Å². The fraction of sp³-hybridized carbons (Fsp3) is 0.727. The number of aryl methyl sites for hydroxylation is 1. The molecule has 1 aromatic heterocycles. The number of likely N-dealkylation sites (N-methyl/N-ethyl adjacent to an activating group) is 1. The molecule has 0 radical (unpaired) electrons. The third-order valence-corrected chi connectivity index (χ3v) is 2.87. The van der Waals surface area contributed by atoms with E-state index in [1.165, 1.54) is 19.4 Å². The Morgan fingerprint density at radius 2 is 2.53 bits per heavy atom. The minimum atomic E-state index is 0.592. The van der Waals surface area contributed by atoms with E-state index in [1.807, 2.05) is 13.0 Å². The SMILES string of the molecule is Cc1cc(CNC2CCCN(C)C2)on1. The lowest BCUT2D eigenvalue weighted by molar-refractivity contribution is 0.222. The second-order valence-electron chi connectivity index (χ2n) is 4.42. The lowest BCUT2D eigenvalue weighted by Crippen LogP contribution is -2.43. The van der Waals surface area contributed by atoms with Crippen LogP contribution >= 0.6 is 0 Å². The van der Waals surface area contributed by atoms with E-state index >= 15 is 0 Å². The first-order valence-corrected chi connectivity index (χ1v) is 5.58. The molecule has 1 N–H and O–H groups in total. The molecule has 0 saturated carbocycles. The molecule has 2 heterocycles. The summed E-state index contributed by atoms with van der Waals surface area (Å²) < 4.78 is 5.16. The zero-order valence-corrected chi connectivity index (χ0v) is 9.49. The number of aromatic nitrogens is 1. The van der Waals surface area contributed by atoms with Gasteiger partial charge in [-0.05, 0) is 33.4 Å². The molecule has 0 spiro atoms. The summed E-state index contributed by atoms with van der Waals surface area (Å²) in [5.41, 5.74) is 0.951. The van der Waals surface area contributed by atoms with Crippen molar-refractivity contribution >= 4 is 0 Å². The number of rotatable bonds is 3. The Bertz CT molecular complexity index is 311. The van der Waals surface area contributed by atoms with Crippen molar-refractivity contribution in [2.24, 2.45) is 0 Å². The van der Waals surface area contributed by atoms with Crippen molar-refractivity contribution in [2.45, 2.75) is 32.4 Å². The summed E-state index contributed by atoms with van der Waals surface area (Å²) in [4.78, 5) is 2.37. The Morgan fingerprint density at radius 1 is 1.67 bits per heavy atom. The van der Waals surface area contributed by atoms with Crippen molar-refractivity contribution in [3.8, 4) is 0 Å². The quantitative estimate of drug-likeness (QED) is 0.811. The Balaban J connectivity index is 1.77. The van der Waals surface area contributed by atoms with Crippen LogP contribution in [0.4, 0.5) is 0 Å². The molecule has 1 aromatic rings. The molecule has 84 valence electrons. The maximum Gasteiger partial charge on any atom is 0.150 e. The predicted molar refractivity (Wildman–Crippen MR) is 58.6 cm³/mol. The summed E-state index contributed by atoms with van der Waals surface area (Å²) in [6.07, 6.45) is 2.54. The number of nitrogens with zero attached hydrogens (tertiary/aromatic N) is 2. The van der Waals surface area contributed by atoms with E-state index in [0.29, 0.717) is 6.04 Å². The monoisotopic (exact) mass is 209 g/mol. The molecule has 4 heteroatoms. The van der Waals surface area contributed by atoms with E-state index in [0.717, 1.165) is 24.5 Å². The number of piperidine rings is 1. The van der Waals surface area contributed by atoms with Gasteiger partial charge in [-0.1, -0.05) is 5.16 Å². The van der Waals surface area contributed by atoms with Gasteiger partial charge in [0.2, 0.25) is 0 Å². The molecule has 1 fully saturated rings. The molecule has 0 aliphatic carbocycles. The maximum atomic E-state index is 5.16. The molecule has 2 rings (SSSR count). The second-order valence-corrected chi connectivity index (χ2v) is 4.42. The van der Waals surface area contributed by atoms with Crippen LogP contribution in [-0.4, -0.2) is 36.2 Å². The highest BCUT2D eigenvalue weighted by Crippen LogP contribution is 2.09. The second kappa shape index (κ2) is 4.77. The Hall–Kier alpha value is -0.870. The largest absolute Gasteiger partial charge is 0.360 e. The number of likely N-dealkylation sites (tertiary alicyclic amines) is 1. The molecule has 1 atom stereocenters. The highest BCUT2D eigenvalue weighted by molar-refractivity contribution is 5.02.